The van der Waals surface area contributed by atoms with Gasteiger partial charge in [0.2, 0.25) is 0 Å². The first kappa shape index (κ1) is 29.0. The van der Waals surface area contributed by atoms with Gasteiger partial charge in [-0.25, -0.2) is 0 Å². The van der Waals surface area contributed by atoms with Crippen LogP contribution in [0.5, 0.6) is 0 Å². The number of rotatable bonds is 5. The van der Waals surface area contributed by atoms with E-state index in [0.717, 1.165) is 19.3 Å². The molecule has 0 amide bonds. The lowest BCUT2D eigenvalue weighted by molar-refractivity contribution is 0.747. The molecule has 0 fully saturated rings. The van der Waals surface area contributed by atoms with E-state index in [1.54, 1.807) is 0 Å². The van der Waals surface area contributed by atoms with Gasteiger partial charge >= 0.3 is 0 Å². The Morgan fingerprint density at radius 3 is 1.94 bits per heavy atom. The zero-order valence-corrected chi connectivity index (χ0v) is 28.0. The third-order valence-corrected chi connectivity index (χ3v) is 11.3. The summed E-state index contributed by atoms with van der Waals surface area (Å²) < 4.78 is 0. The topological polar surface area (TPSA) is 3.24 Å². The molecule has 1 heteroatoms. The highest BCUT2D eigenvalue weighted by molar-refractivity contribution is 5.90. The van der Waals surface area contributed by atoms with Gasteiger partial charge in [-0.2, -0.15) is 0 Å². The highest BCUT2D eigenvalue weighted by Crippen LogP contribution is 2.57. The van der Waals surface area contributed by atoms with Crippen molar-refractivity contribution in [2.24, 2.45) is 0 Å². The van der Waals surface area contributed by atoms with Crippen LogP contribution < -0.4 is 4.90 Å². The highest BCUT2D eigenvalue weighted by atomic mass is 15.2. The SMILES string of the molecule is C1=Cc2ccc3c(c2CC1)CC(N(c1ccc2c(c1)C(c1ccccc1)(c1ccccc1)c1ccccc1-2)c1ccc2ccccc2c1)C=C3. The van der Waals surface area contributed by atoms with Crippen LogP contribution in [0.25, 0.3) is 34.1 Å². The number of hydrogen-bond donors (Lipinski definition) is 0. The van der Waals surface area contributed by atoms with Crippen molar-refractivity contribution in [3.8, 4) is 11.1 Å². The minimum absolute atomic E-state index is 0.158. The molecule has 3 aliphatic carbocycles. The Balaban J connectivity index is 1.21. The largest absolute Gasteiger partial charge is 0.334 e. The molecule has 0 saturated carbocycles. The van der Waals surface area contributed by atoms with Crippen molar-refractivity contribution >= 4 is 34.3 Å². The second kappa shape index (κ2) is 11.6. The Bertz CT molecular complexity index is 2430. The second-order valence-electron chi connectivity index (χ2n) is 13.9. The Morgan fingerprint density at radius 2 is 1.14 bits per heavy atom. The normalized spacial score (nSPS) is 16.4. The van der Waals surface area contributed by atoms with Crippen LogP contribution in [0.4, 0.5) is 11.4 Å². The fourth-order valence-corrected chi connectivity index (χ4v) is 9.13. The average Bonchev–Trinajstić information content (AvgIpc) is 3.49. The van der Waals surface area contributed by atoms with Crippen LogP contribution in [-0.2, 0) is 18.3 Å². The summed E-state index contributed by atoms with van der Waals surface area (Å²) in [5, 5.41) is 2.52. The molecule has 0 saturated heterocycles. The van der Waals surface area contributed by atoms with Gasteiger partial charge in [0.1, 0.15) is 0 Å². The van der Waals surface area contributed by atoms with E-state index in [2.05, 4.69) is 187 Å². The van der Waals surface area contributed by atoms with Gasteiger partial charge in [-0.05, 0) is 110 Å². The van der Waals surface area contributed by atoms with Crippen molar-refractivity contribution in [2.45, 2.75) is 30.7 Å². The van der Waals surface area contributed by atoms with E-state index < -0.39 is 5.41 Å². The molecule has 0 N–H and O–H groups in total. The van der Waals surface area contributed by atoms with Gasteiger partial charge in [-0.15, -0.1) is 0 Å². The summed E-state index contributed by atoms with van der Waals surface area (Å²) in [6, 6.07) is 59.0. The molecule has 7 aromatic rings. The predicted molar refractivity (Wildman–Crippen MR) is 210 cm³/mol. The first-order valence-electron chi connectivity index (χ1n) is 17.9. The zero-order chi connectivity index (χ0) is 33.1. The molecule has 0 aliphatic heterocycles. The Labute approximate surface area is 294 Å². The van der Waals surface area contributed by atoms with Gasteiger partial charge in [0.15, 0.2) is 0 Å². The van der Waals surface area contributed by atoms with Crippen molar-refractivity contribution in [2.75, 3.05) is 4.90 Å². The van der Waals surface area contributed by atoms with Crippen LogP contribution in [0.3, 0.4) is 0 Å². The monoisotopic (exact) mass is 639 g/mol. The van der Waals surface area contributed by atoms with E-state index >= 15 is 0 Å². The molecule has 0 aromatic heterocycles. The lowest BCUT2D eigenvalue weighted by atomic mass is 9.67. The standard InChI is InChI=1S/C49H37N/c1-3-16-38(17-4-1)49(39-18-5-2-6-19-39)47-22-12-11-21-44(47)45-30-29-42(33-48(45)49)50(40-27-25-34-13-7-8-15-37(34)31-40)41-28-26-36-24-23-35-14-9-10-20-43(35)46(36)32-41/h1-9,11-19,21-31,33,41H,10,20,32H2. The number of benzene rings is 7. The Hall–Kier alpha value is -5.92. The number of allylic oxidation sites excluding steroid dienone is 1. The van der Waals surface area contributed by atoms with Crippen LogP contribution in [0.2, 0.25) is 0 Å². The number of anilines is 2. The summed E-state index contributed by atoms with van der Waals surface area (Å²) in [6.45, 7) is 0. The van der Waals surface area contributed by atoms with Crippen LogP contribution in [0.1, 0.15) is 50.9 Å². The van der Waals surface area contributed by atoms with Crippen LogP contribution in [-0.4, -0.2) is 6.04 Å². The maximum atomic E-state index is 2.61. The summed E-state index contributed by atoms with van der Waals surface area (Å²) in [4.78, 5) is 2.61. The molecule has 0 spiro atoms. The number of nitrogens with zero attached hydrogens (tertiary/aromatic N) is 1. The van der Waals surface area contributed by atoms with Gasteiger partial charge in [0.05, 0.1) is 11.5 Å². The summed E-state index contributed by atoms with van der Waals surface area (Å²) in [6.07, 6.45) is 12.6. The van der Waals surface area contributed by atoms with Gasteiger partial charge in [0, 0.05) is 11.4 Å². The second-order valence-corrected chi connectivity index (χ2v) is 13.9. The van der Waals surface area contributed by atoms with Crippen molar-refractivity contribution in [3.63, 3.8) is 0 Å². The number of hydrogen-bond acceptors (Lipinski definition) is 1. The van der Waals surface area contributed by atoms with E-state index in [4.69, 9.17) is 0 Å². The Morgan fingerprint density at radius 1 is 0.500 bits per heavy atom. The van der Waals surface area contributed by atoms with Crippen LogP contribution >= 0.6 is 0 Å². The minimum atomic E-state index is -0.445. The summed E-state index contributed by atoms with van der Waals surface area (Å²) in [5.41, 5.74) is 15.6. The van der Waals surface area contributed by atoms with E-state index in [1.165, 1.54) is 77.8 Å². The van der Waals surface area contributed by atoms with Crippen LogP contribution in [0, 0.1) is 0 Å². The first-order valence-corrected chi connectivity index (χ1v) is 17.9. The molecule has 50 heavy (non-hydrogen) atoms. The molecule has 1 unspecified atom stereocenters. The molecule has 1 atom stereocenters. The maximum absolute atomic E-state index is 2.61. The van der Waals surface area contributed by atoms with Crippen molar-refractivity contribution in [1.29, 1.82) is 0 Å². The van der Waals surface area contributed by atoms with Gasteiger partial charge in [0.25, 0.3) is 0 Å². The molecule has 238 valence electrons. The Kier molecular flexibility index (Phi) is 6.74. The third-order valence-electron chi connectivity index (χ3n) is 11.3. The summed E-state index contributed by atoms with van der Waals surface area (Å²) in [7, 11) is 0. The fourth-order valence-electron chi connectivity index (χ4n) is 9.13. The van der Waals surface area contributed by atoms with E-state index in [0.29, 0.717) is 0 Å². The predicted octanol–water partition coefficient (Wildman–Crippen LogP) is 11.9. The quantitative estimate of drug-likeness (QED) is 0.181. The van der Waals surface area contributed by atoms with Crippen molar-refractivity contribution < 1.29 is 0 Å². The van der Waals surface area contributed by atoms with E-state index in [9.17, 15) is 0 Å². The van der Waals surface area contributed by atoms with Gasteiger partial charge in [-0.3, -0.25) is 0 Å². The number of fused-ring (bicyclic) bond motifs is 7. The van der Waals surface area contributed by atoms with E-state index in [1.807, 2.05) is 0 Å². The molecule has 10 rings (SSSR count). The molecular formula is C49H37N. The summed E-state index contributed by atoms with van der Waals surface area (Å²) in [5.74, 6) is 0. The average molecular weight is 640 g/mol. The van der Waals surface area contributed by atoms with E-state index in [-0.39, 0.29) is 6.04 Å². The lowest BCUT2D eigenvalue weighted by Gasteiger charge is -2.37. The molecule has 0 radical (unpaired) electrons. The molecule has 0 heterocycles. The maximum Gasteiger partial charge on any atom is 0.0714 e. The lowest BCUT2D eigenvalue weighted by Crippen LogP contribution is -2.34. The van der Waals surface area contributed by atoms with Gasteiger partial charge < -0.3 is 4.90 Å². The summed E-state index contributed by atoms with van der Waals surface area (Å²) >= 11 is 0. The molecular weight excluding hydrogens is 603 g/mol. The molecule has 3 aliphatic rings. The zero-order valence-electron chi connectivity index (χ0n) is 28.0. The van der Waals surface area contributed by atoms with Crippen LogP contribution in [0.15, 0.2) is 170 Å². The first-order chi connectivity index (χ1) is 24.8. The third kappa shape index (κ3) is 4.40. The van der Waals surface area contributed by atoms with Crippen molar-refractivity contribution in [3.05, 3.63) is 214 Å². The smallest absolute Gasteiger partial charge is 0.0714 e. The molecule has 1 nitrogen and oxygen atoms in total. The minimum Gasteiger partial charge on any atom is -0.334 e. The van der Waals surface area contributed by atoms with Gasteiger partial charge in [-0.1, -0.05) is 158 Å². The van der Waals surface area contributed by atoms with Crippen molar-refractivity contribution in [1.82, 2.24) is 0 Å². The fraction of sp³-hybridized carbons (Fsp3) is 0.102. The highest BCUT2D eigenvalue weighted by Gasteiger charge is 2.46. The molecule has 0 bridgehead atoms. The molecule has 7 aromatic carbocycles.